The molecule has 5 atom stereocenters. The molecule has 226 valence electrons. The minimum absolute atomic E-state index is 0.0441. The Morgan fingerprint density at radius 1 is 1.02 bits per heavy atom. The monoisotopic (exact) mass is 600 g/mol. The van der Waals surface area contributed by atoms with Gasteiger partial charge in [0, 0.05) is 11.5 Å². The maximum atomic E-state index is 15.1. The topological polar surface area (TPSA) is 98.9 Å². The van der Waals surface area contributed by atoms with Crippen LogP contribution in [-0.2, 0) is 22.2 Å². The van der Waals surface area contributed by atoms with E-state index in [1.807, 2.05) is 80.6 Å². The predicted octanol–water partition coefficient (Wildman–Crippen LogP) is 6.07. The number of ketones is 3. The van der Waals surface area contributed by atoms with Crippen molar-refractivity contribution in [3.63, 3.8) is 0 Å². The van der Waals surface area contributed by atoms with Gasteiger partial charge >= 0.3 is 0 Å². The summed E-state index contributed by atoms with van der Waals surface area (Å²) in [7, 11) is 1.06. The van der Waals surface area contributed by atoms with Crippen molar-refractivity contribution < 1.29 is 28.1 Å². The molecule has 3 aromatic rings. The van der Waals surface area contributed by atoms with Crippen LogP contribution in [0.25, 0.3) is 0 Å². The van der Waals surface area contributed by atoms with Gasteiger partial charge in [-0.05, 0) is 67.3 Å². The summed E-state index contributed by atoms with van der Waals surface area (Å²) < 4.78 is 19.1. The fourth-order valence-corrected chi connectivity index (χ4v) is 8.48. The van der Waals surface area contributed by atoms with Gasteiger partial charge in [0.1, 0.15) is 12.2 Å². The maximum Gasteiger partial charge on any atom is 0.265 e. The van der Waals surface area contributed by atoms with Crippen molar-refractivity contribution in [2.24, 2.45) is 17.8 Å². The second-order valence-corrected chi connectivity index (χ2v) is 18.7. The van der Waals surface area contributed by atoms with Crippen molar-refractivity contribution in [2.45, 2.75) is 70.0 Å². The third kappa shape index (κ3) is 4.55. The van der Waals surface area contributed by atoms with Crippen LogP contribution in [0.15, 0.2) is 59.1 Å². The molecule has 8 nitrogen and oxygen atoms in total. The number of carbonyl (C=O) groups is 3. The average Bonchev–Trinajstić information content (AvgIpc) is 3.36. The first-order chi connectivity index (χ1) is 20.3. The van der Waals surface area contributed by atoms with Crippen molar-refractivity contribution in [1.29, 1.82) is 0 Å². The summed E-state index contributed by atoms with van der Waals surface area (Å²) in [6, 6.07) is 16.6. The minimum Gasteiger partial charge on any atom is -0.470 e. The van der Waals surface area contributed by atoms with Crippen molar-refractivity contribution in [1.82, 2.24) is 10.1 Å². The van der Waals surface area contributed by atoms with E-state index < -0.39 is 43.4 Å². The van der Waals surface area contributed by atoms with Gasteiger partial charge in [-0.1, -0.05) is 75.4 Å². The van der Waals surface area contributed by atoms with E-state index in [0.29, 0.717) is 24.2 Å². The molecule has 1 fully saturated rings. The van der Waals surface area contributed by atoms with Crippen LogP contribution in [0.4, 0.5) is 0 Å². The standard InChI is InChI=1S/C34H40N2O6Si/c1-33(2,3)43(6,7)42-34-24(18-22-17-21-15-11-12-16-23(21)28(37)25(22)30(34)38)27(36(4)5)29-26(31(34)39)32(35-41-29)40-19-20-13-9-8-10-14-20/h8-16,22,24-25,27H,17-19H2,1-7H3/t22-,24-,25?,27-,34-/m0/s1. The lowest BCUT2D eigenvalue weighted by Gasteiger charge is -2.56. The molecule has 0 saturated heterocycles. The zero-order chi connectivity index (χ0) is 30.9. The number of carbonyl (C=O) groups excluding carboxylic acids is 3. The molecular formula is C34H40N2O6Si. The van der Waals surface area contributed by atoms with Gasteiger partial charge in [0.2, 0.25) is 5.78 Å². The first-order valence-corrected chi connectivity index (χ1v) is 17.9. The highest BCUT2D eigenvalue weighted by atomic mass is 28.4. The number of rotatable bonds is 6. The van der Waals surface area contributed by atoms with E-state index in [0.717, 1.165) is 11.1 Å². The Morgan fingerprint density at radius 2 is 1.70 bits per heavy atom. The molecule has 0 bridgehead atoms. The molecule has 1 heterocycles. The summed E-state index contributed by atoms with van der Waals surface area (Å²) in [4.78, 5) is 46.1. The lowest BCUT2D eigenvalue weighted by Crippen LogP contribution is -2.70. The number of fused-ring (bicyclic) bond motifs is 4. The summed E-state index contributed by atoms with van der Waals surface area (Å²) >= 11 is 0. The molecule has 43 heavy (non-hydrogen) atoms. The lowest BCUT2D eigenvalue weighted by molar-refractivity contribution is -0.151. The third-order valence-corrected chi connectivity index (χ3v) is 14.6. The average molecular weight is 601 g/mol. The predicted molar refractivity (Wildman–Crippen MR) is 164 cm³/mol. The number of aromatic nitrogens is 1. The summed E-state index contributed by atoms with van der Waals surface area (Å²) in [5.41, 5.74) is 0.674. The normalized spacial score (nSPS) is 26.9. The third-order valence-electron chi connectivity index (χ3n) is 10.1. The molecule has 0 aliphatic heterocycles. The molecule has 1 aromatic heterocycles. The van der Waals surface area contributed by atoms with Crippen LogP contribution >= 0.6 is 0 Å². The summed E-state index contributed by atoms with van der Waals surface area (Å²) in [5, 5.41) is 3.92. The second-order valence-electron chi connectivity index (χ2n) is 14.0. The smallest absolute Gasteiger partial charge is 0.265 e. The van der Waals surface area contributed by atoms with Crippen LogP contribution in [0.2, 0.25) is 18.1 Å². The molecule has 6 rings (SSSR count). The van der Waals surface area contributed by atoms with Gasteiger partial charge in [-0.2, -0.15) is 0 Å². The van der Waals surface area contributed by atoms with E-state index in [2.05, 4.69) is 25.9 Å². The molecule has 9 heteroatoms. The Labute approximate surface area is 253 Å². The molecule has 0 N–H and O–H groups in total. The Kier molecular flexibility index (Phi) is 7.14. The SMILES string of the molecule is CN(C)[C@@H]1c2onc(OCc3ccccc3)c2C(=O)[C@@]2(O[Si](C)(C)C(C)(C)C)C(=O)C3C(=O)c4ccccc4C[C@H]3C[C@@H]12. The Hall–Kier alpha value is -3.40. The van der Waals surface area contributed by atoms with E-state index in [1.165, 1.54) is 0 Å². The van der Waals surface area contributed by atoms with Crippen molar-refractivity contribution in [3.8, 4) is 5.88 Å². The Morgan fingerprint density at radius 3 is 2.37 bits per heavy atom. The van der Waals surface area contributed by atoms with Crippen molar-refractivity contribution >= 4 is 25.7 Å². The van der Waals surface area contributed by atoms with E-state index in [9.17, 15) is 4.79 Å². The van der Waals surface area contributed by atoms with Crippen molar-refractivity contribution in [2.75, 3.05) is 14.1 Å². The van der Waals surface area contributed by atoms with Crippen LogP contribution in [0.5, 0.6) is 5.88 Å². The zero-order valence-corrected chi connectivity index (χ0v) is 27.0. The summed E-state index contributed by atoms with van der Waals surface area (Å²) in [6.07, 6.45) is 1.05. The first kappa shape index (κ1) is 29.7. The van der Waals surface area contributed by atoms with Crippen LogP contribution < -0.4 is 4.74 Å². The van der Waals surface area contributed by atoms with Crippen LogP contribution in [-0.4, -0.2) is 55.4 Å². The number of nitrogens with zero attached hydrogens (tertiary/aromatic N) is 2. The number of ether oxygens (including phenoxy) is 1. The molecule has 2 aromatic carbocycles. The quantitative estimate of drug-likeness (QED) is 0.248. The van der Waals surface area contributed by atoms with Crippen molar-refractivity contribution in [3.05, 3.63) is 82.6 Å². The van der Waals surface area contributed by atoms with Gasteiger partial charge in [0.05, 0.1) is 12.0 Å². The summed E-state index contributed by atoms with van der Waals surface area (Å²) in [6.45, 7) is 10.5. The number of hydrogen-bond donors (Lipinski definition) is 0. The fraction of sp³-hybridized carbons (Fsp3) is 0.471. The number of Topliss-reactive ketones (excluding diaryl/α,β-unsaturated/α-hetero) is 3. The Bertz CT molecular complexity index is 1590. The molecule has 0 spiro atoms. The minimum atomic E-state index is -2.76. The summed E-state index contributed by atoms with van der Waals surface area (Å²) in [5.74, 6) is -2.51. The highest BCUT2D eigenvalue weighted by Crippen LogP contribution is 2.58. The van der Waals surface area contributed by atoms with Crippen LogP contribution in [0, 0.1) is 17.8 Å². The van der Waals surface area contributed by atoms with Crippen LogP contribution in [0.1, 0.15) is 70.8 Å². The zero-order valence-electron chi connectivity index (χ0n) is 26.0. The molecule has 0 amide bonds. The van der Waals surface area contributed by atoms with Gasteiger partial charge in [0.15, 0.2) is 31.2 Å². The second kappa shape index (κ2) is 10.4. The number of benzene rings is 2. The van der Waals surface area contributed by atoms with Gasteiger partial charge in [-0.25, -0.2) is 0 Å². The largest absolute Gasteiger partial charge is 0.470 e. The van der Waals surface area contributed by atoms with E-state index in [-0.39, 0.29) is 34.8 Å². The highest BCUT2D eigenvalue weighted by Gasteiger charge is 2.70. The van der Waals surface area contributed by atoms with Gasteiger partial charge in [0.25, 0.3) is 5.88 Å². The molecule has 1 saturated carbocycles. The fourth-order valence-electron chi connectivity index (χ4n) is 7.02. The molecule has 0 radical (unpaired) electrons. The van der Waals surface area contributed by atoms with E-state index in [1.54, 1.807) is 6.07 Å². The molecule has 1 unspecified atom stereocenters. The van der Waals surface area contributed by atoms with E-state index >= 15 is 9.59 Å². The lowest BCUT2D eigenvalue weighted by atomic mass is 9.54. The van der Waals surface area contributed by atoms with Crippen LogP contribution in [0.3, 0.4) is 0 Å². The maximum absolute atomic E-state index is 15.1. The molecule has 3 aliphatic carbocycles. The highest BCUT2D eigenvalue weighted by molar-refractivity contribution is 6.74. The first-order valence-electron chi connectivity index (χ1n) is 15.0. The Balaban J connectivity index is 1.53. The van der Waals surface area contributed by atoms with Gasteiger partial charge in [-0.3, -0.25) is 19.3 Å². The van der Waals surface area contributed by atoms with Gasteiger partial charge in [-0.15, -0.1) is 0 Å². The van der Waals surface area contributed by atoms with E-state index in [4.69, 9.17) is 13.7 Å². The van der Waals surface area contributed by atoms with Gasteiger partial charge < -0.3 is 13.7 Å². The molecule has 3 aliphatic rings. The number of hydrogen-bond acceptors (Lipinski definition) is 8. The molecular weight excluding hydrogens is 560 g/mol.